The molecule has 2 nitrogen and oxygen atoms in total. The molecule has 0 amide bonds. The van der Waals surface area contributed by atoms with E-state index >= 15 is 0 Å². The molecule has 20 heavy (non-hydrogen) atoms. The molecule has 0 fully saturated rings. The van der Waals surface area contributed by atoms with Crippen molar-refractivity contribution in [2.45, 2.75) is 26.4 Å². The lowest BCUT2D eigenvalue weighted by atomic mass is 10.1. The molecular weight excluding hydrogens is 265 g/mol. The Labute approximate surface area is 117 Å². The van der Waals surface area contributed by atoms with Gasteiger partial charge in [-0.25, -0.2) is 0 Å². The Bertz CT molecular complexity index is 494. The highest BCUT2D eigenvalue weighted by atomic mass is 19.4. The van der Waals surface area contributed by atoms with Crippen molar-refractivity contribution in [2.75, 3.05) is 24.7 Å². The molecule has 2 rings (SSSR count). The number of rotatable bonds is 3. The van der Waals surface area contributed by atoms with Crippen LogP contribution in [0.15, 0.2) is 36.0 Å². The van der Waals surface area contributed by atoms with Crippen molar-refractivity contribution in [2.24, 2.45) is 0 Å². The van der Waals surface area contributed by atoms with Crippen LogP contribution in [0.5, 0.6) is 0 Å². The molecule has 1 aromatic carbocycles. The number of benzene rings is 1. The lowest BCUT2D eigenvalue weighted by molar-refractivity contribution is -0.137. The fourth-order valence-electron chi connectivity index (χ4n) is 2.35. The standard InChI is InChI=1S/C15H19F3N2/c1-3-8-19-9-7-12(2)20(11-19)14-6-4-5-13(10-14)15(16,17)18/h4-7,10H,3,8-9,11H2,1-2H3. The van der Waals surface area contributed by atoms with Crippen LogP contribution in [0.1, 0.15) is 25.8 Å². The molecule has 110 valence electrons. The second kappa shape index (κ2) is 5.87. The highest BCUT2D eigenvalue weighted by Gasteiger charge is 2.31. The van der Waals surface area contributed by atoms with Crippen molar-refractivity contribution in [1.82, 2.24) is 4.90 Å². The fraction of sp³-hybridized carbons (Fsp3) is 0.467. The molecule has 0 aromatic heterocycles. The van der Waals surface area contributed by atoms with E-state index in [4.69, 9.17) is 0 Å². The zero-order valence-corrected chi connectivity index (χ0v) is 11.7. The van der Waals surface area contributed by atoms with Crippen LogP contribution in [-0.4, -0.2) is 24.7 Å². The summed E-state index contributed by atoms with van der Waals surface area (Å²) in [5.41, 5.74) is 0.987. The predicted molar refractivity (Wildman–Crippen MR) is 74.4 cm³/mol. The lowest BCUT2D eigenvalue weighted by Crippen LogP contribution is -2.41. The third-order valence-corrected chi connectivity index (χ3v) is 3.44. The van der Waals surface area contributed by atoms with Crippen LogP contribution in [0.4, 0.5) is 18.9 Å². The van der Waals surface area contributed by atoms with Gasteiger partial charge >= 0.3 is 6.18 Å². The van der Waals surface area contributed by atoms with Crippen LogP contribution in [0.3, 0.4) is 0 Å². The summed E-state index contributed by atoms with van der Waals surface area (Å²) in [5, 5.41) is 0. The molecule has 0 radical (unpaired) electrons. The van der Waals surface area contributed by atoms with E-state index in [1.54, 1.807) is 6.07 Å². The van der Waals surface area contributed by atoms with E-state index in [9.17, 15) is 13.2 Å². The number of allylic oxidation sites excluding steroid dienone is 1. The minimum Gasteiger partial charge on any atom is -0.332 e. The summed E-state index contributed by atoms with van der Waals surface area (Å²) >= 11 is 0. The second-order valence-corrected chi connectivity index (χ2v) is 5.04. The quantitative estimate of drug-likeness (QED) is 0.824. The third kappa shape index (κ3) is 3.33. The maximum Gasteiger partial charge on any atom is 0.416 e. The summed E-state index contributed by atoms with van der Waals surface area (Å²) in [6, 6.07) is 5.51. The van der Waals surface area contributed by atoms with Gasteiger partial charge in [-0.2, -0.15) is 13.2 Å². The largest absolute Gasteiger partial charge is 0.416 e. The normalized spacial score (nSPS) is 17.2. The Kier molecular flexibility index (Phi) is 4.38. The van der Waals surface area contributed by atoms with Crippen LogP contribution in [0, 0.1) is 0 Å². The first kappa shape index (κ1) is 14.9. The van der Waals surface area contributed by atoms with Gasteiger partial charge in [0.15, 0.2) is 0 Å². The van der Waals surface area contributed by atoms with Crippen LogP contribution in [0.25, 0.3) is 0 Å². The molecule has 1 aliphatic rings. The van der Waals surface area contributed by atoms with Gasteiger partial charge in [0, 0.05) is 17.9 Å². The van der Waals surface area contributed by atoms with Gasteiger partial charge in [-0.1, -0.05) is 19.1 Å². The van der Waals surface area contributed by atoms with Crippen molar-refractivity contribution in [1.29, 1.82) is 0 Å². The van der Waals surface area contributed by atoms with Crippen molar-refractivity contribution >= 4 is 5.69 Å². The Balaban J connectivity index is 2.26. The first-order valence-electron chi connectivity index (χ1n) is 6.75. The first-order valence-corrected chi connectivity index (χ1v) is 6.75. The Hall–Kier alpha value is -1.49. The molecule has 0 bridgehead atoms. The number of halogens is 3. The van der Waals surface area contributed by atoms with Gasteiger partial charge in [-0.15, -0.1) is 0 Å². The van der Waals surface area contributed by atoms with E-state index in [-0.39, 0.29) is 0 Å². The maximum absolute atomic E-state index is 12.8. The van der Waals surface area contributed by atoms with Crippen LogP contribution < -0.4 is 4.90 Å². The van der Waals surface area contributed by atoms with E-state index in [1.165, 1.54) is 12.1 Å². The topological polar surface area (TPSA) is 6.48 Å². The predicted octanol–water partition coefficient (Wildman–Crippen LogP) is 4.10. The summed E-state index contributed by atoms with van der Waals surface area (Å²) in [6.07, 6.45) is -1.21. The fourth-order valence-corrected chi connectivity index (χ4v) is 2.35. The Morgan fingerprint density at radius 1 is 1.25 bits per heavy atom. The number of hydrogen-bond donors (Lipinski definition) is 0. The van der Waals surface area contributed by atoms with Gasteiger partial charge in [-0.3, -0.25) is 4.90 Å². The molecule has 5 heteroatoms. The number of nitrogens with zero attached hydrogens (tertiary/aromatic N) is 2. The smallest absolute Gasteiger partial charge is 0.332 e. The summed E-state index contributed by atoms with van der Waals surface area (Å²) in [6.45, 7) is 6.47. The summed E-state index contributed by atoms with van der Waals surface area (Å²) in [5.74, 6) is 0. The molecule has 1 aliphatic heterocycles. The molecule has 0 spiro atoms. The number of alkyl halides is 3. The van der Waals surface area contributed by atoms with Crippen LogP contribution >= 0.6 is 0 Å². The summed E-state index contributed by atoms with van der Waals surface area (Å²) in [4.78, 5) is 4.14. The molecular formula is C15H19F3N2. The van der Waals surface area contributed by atoms with Crippen LogP contribution in [0.2, 0.25) is 0 Å². The molecule has 1 heterocycles. The zero-order valence-electron chi connectivity index (χ0n) is 11.7. The minimum atomic E-state index is -4.30. The van der Waals surface area contributed by atoms with E-state index in [2.05, 4.69) is 17.9 Å². The zero-order chi connectivity index (χ0) is 14.8. The summed E-state index contributed by atoms with van der Waals surface area (Å²) in [7, 11) is 0. The Morgan fingerprint density at radius 3 is 2.65 bits per heavy atom. The number of anilines is 1. The molecule has 0 atom stereocenters. The average molecular weight is 284 g/mol. The molecule has 0 aliphatic carbocycles. The minimum absolute atomic E-state index is 0.592. The van der Waals surface area contributed by atoms with Crippen LogP contribution in [-0.2, 0) is 6.18 Å². The SMILES string of the molecule is CCCN1CC=C(C)N(c2cccc(C(F)(F)F)c2)C1. The molecule has 1 aromatic rings. The monoisotopic (exact) mass is 284 g/mol. The average Bonchev–Trinajstić information content (AvgIpc) is 2.40. The molecule has 0 saturated carbocycles. The Morgan fingerprint density at radius 2 is 2.00 bits per heavy atom. The van der Waals surface area contributed by atoms with Gasteiger partial charge in [0.1, 0.15) is 0 Å². The third-order valence-electron chi connectivity index (χ3n) is 3.44. The van der Waals surface area contributed by atoms with E-state index in [1.807, 2.05) is 11.8 Å². The molecule has 0 unspecified atom stereocenters. The highest BCUT2D eigenvalue weighted by Crippen LogP contribution is 2.32. The maximum atomic E-state index is 12.8. The van der Waals surface area contributed by atoms with Gasteiger partial charge < -0.3 is 4.90 Å². The van der Waals surface area contributed by atoms with Gasteiger partial charge in [0.2, 0.25) is 0 Å². The van der Waals surface area contributed by atoms with Crippen molar-refractivity contribution in [3.05, 3.63) is 41.6 Å². The van der Waals surface area contributed by atoms with E-state index in [0.717, 1.165) is 31.3 Å². The number of hydrogen-bond acceptors (Lipinski definition) is 2. The van der Waals surface area contributed by atoms with E-state index in [0.29, 0.717) is 12.4 Å². The lowest BCUT2D eigenvalue weighted by Gasteiger charge is -2.36. The van der Waals surface area contributed by atoms with Gasteiger partial charge in [0.25, 0.3) is 0 Å². The highest BCUT2D eigenvalue weighted by molar-refractivity contribution is 5.54. The van der Waals surface area contributed by atoms with Crippen molar-refractivity contribution < 1.29 is 13.2 Å². The second-order valence-electron chi connectivity index (χ2n) is 5.04. The first-order chi connectivity index (χ1) is 9.41. The van der Waals surface area contributed by atoms with Gasteiger partial charge in [0.05, 0.1) is 12.2 Å². The summed E-state index contributed by atoms with van der Waals surface area (Å²) < 4.78 is 38.4. The van der Waals surface area contributed by atoms with Gasteiger partial charge in [-0.05, 0) is 38.1 Å². The van der Waals surface area contributed by atoms with Crippen molar-refractivity contribution in [3.63, 3.8) is 0 Å². The molecule has 0 N–H and O–H groups in total. The molecule has 0 saturated heterocycles. The van der Waals surface area contributed by atoms with Crippen molar-refractivity contribution in [3.8, 4) is 0 Å². The van der Waals surface area contributed by atoms with E-state index < -0.39 is 11.7 Å².